The quantitative estimate of drug-likeness (QED) is 0.384. The highest BCUT2D eigenvalue weighted by atomic mass is 19.1. The first-order chi connectivity index (χ1) is 17.3. The Morgan fingerprint density at radius 2 is 1.97 bits per heavy atom. The Bertz CT molecular complexity index is 1580. The molecule has 1 aliphatic rings. The Morgan fingerprint density at radius 3 is 2.68 bits per heavy atom. The molecule has 37 heavy (non-hydrogen) atoms. The van der Waals surface area contributed by atoms with E-state index in [0.29, 0.717) is 47.4 Å². The van der Waals surface area contributed by atoms with E-state index in [1.54, 1.807) is 45.4 Å². The van der Waals surface area contributed by atoms with Crippen LogP contribution in [0, 0.1) is 12.7 Å². The van der Waals surface area contributed by atoms with Crippen LogP contribution in [-0.2, 0) is 4.74 Å². The number of hydrogen-bond acceptors (Lipinski definition) is 6. The van der Waals surface area contributed by atoms with E-state index in [4.69, 9.17) is 4.74 Å². The van der Waals surface area contributed by atoms with Crippen LogP contribution >= 0.6 is 0 Å². The molecule has 0 radical (unpaired) electrons. The van der Waals surface area contributed by atoms with Gasteiger partial charge in [-0.3, -0.25) is 4.79 Å². The maximum Gasteiger partial charge on any atom is 0.410 e. The lowest BCUT2D eigenvalue weighted by Crippen LogP contribution is -2.54. The minimum Gasteiger partial charge on any atom is -0.444 e. The van der Waals surface area contributed by atoms with Crippen molar-refractivity contribution in [1.82, 2.24) is 28.8 Å². The third-order valence-electron chi connectivity index (χ3n) is 6.72. The summed E-state index contributed by atoms with van der Waals surface area (Å²) in [7, 11) is 0. The number of halogens is 1. The van der Waals surface area contributed by atoms with Gasteiger partial charge in [-0.05, 0) is 66.5 Å². The van der Waals surface area contributed by atoms with Gasteiger partial charge in [0, 0.05) is 48.5 Å². The molecule has 4 aromatic heterocycles. The number of aryl methyl sites for hydroxylation is 1. The summed E-state index contributed by atoms with van der Waals surface area (Å²) in [6, 6.07) is 3.04. The van der Waals surface area contributed by atoms with Crippen molar-refractivity contribution in [2.75, 3.05) is 6.54 Å². The summed E-state index contributed by atoms with van der Waals surface area (Å²) >= 11 is 0. The first-order valence-corrected chi connectivity index (χ1v) is 12.4. The maximum atomic E-state index is 14.6. The molecule has 1 atom stereocenters. The Kier molecular flexibility index (Phi) is 5.80. The number of piperidine rings is 1. The van der Waals surface area contributed by atoms with Crippen LogP contribution in [0.1, 0.15) is 59.2 Å². The highest BCUT2D eigenvalue weighted by molar-refractivity contribution is 5.78. The first-order valence-electron chi connectivity index (χ1n) is 12.4. The molecule has 194 valence electrons. The number of hydrogen-bond donors (Lipinski definition) is 0. The molecule has 4 aromatic rings. The van der Waals surface area contributed by atoms with Gasteiger partial charge in [0.1, 0.15) is 5.60 Å². The third-order valence-corrected chi connectivity index (χ3v) is 6.72. The smallest absolute Gasteiger partial charge is 0.410 e. The summed E-state index contributed by atoms with van der Waals surface area (Å²) in [5, 5.41) is 0.388. The van der Waals surface area contributed by atoms with Crippen molar-refractivity contribution in [3.8, 4) is 11.4 Å². The molecule has 5 heterocycles. The summed E-state index contributed by atoms with van der Waals surface area (Å²) in [4.78, 5) is 41.0. The van der Waals surface area contributed by atoms with Crippen molar-refractivity contribution in [1.29, 1.82) is 0 Å². The fraction of sp³-hybridized carbons (Fsp3) is 0.444. The second-order valence-electron chi connectivity index (χ2n) is 11.3. The van der Waals surface area contributed by atoms with Crippen LogP contribution in [-0.4, -0.2) is 52.6 Å². The number of rotatable bonds is 2. The molecule has 0 unspecified atom stereocenters. The summed E-state index contributed by atoms with van der Waals surface area (Å²) in [5.41, 5.74) is 0.662. The van der Waals surface area contributed by atoms with Crippen LogP contribution in [0.15, 0.2) is 41.7 Å². The second kappa shape index (κ2) is 8.64. The molecular formula is C27H31FN6O3. The van der Waals surface area contributed by atoms with Gasteiger partial charge in [0.05, 0.1) is 16.6 Å². The summed E-state index contributed by atoms with van der Waals surface area (Å²) in [6.45, 7) is 11.8. The number of aromatic nitrogens is 5. The third kappa shape index (κ3) is 4.68. The van der Waals surface area contributed by atoms with E-state index in [2.05, 4.69) is 15.0 Å². The number of ether oxygens (including phenoxy) is 1. The van der Waals surface area contributed by atoms with Gasteiger partial charge in [0.25, 0.3) is 5.56 Å². The van der Waals surface area contributed by atoms with Crippen LogP contribution in [0.4, 0.5) is 9.18 Å². The topological polar surface area (TPSA) is 94.6 Å². The zero-order valence-corrected chi connectivity index (χ0v) is 21.9. The molecule has 0 N–H and O–H groups in total. The molecule has 1 fully saturated rings. The fourth-order valence-corrected chi connectivity index (χ4v) is 5.04. The molecule has 1 saturated heterocycles. The predicted molar refractivity (Wildman–Crippen MR) is 138 cm³/mol. The average molecular weight is 507 g/mol. The normalized spacial score (nSPS) is 17.9. The number of carbonyl (C=O) groups excluding carboxylic acids is 1. The fourth-order valence-electron chi connectivity index (χ4n) is 5.04. The van der Waals surface area contributed by atoms with Gasteiger partial charge in [-0.2, -0.15) is 0 Å². The lowest BCUT2D eigenvalue weighted by Gasteiger charge is -2.45. The number of pyridine rings is 2. The van der Waals surface area contributed by atoms with E-state index in [1.807, 2.05) is 34.6 Å². The van der Waals surface area contributed by atoms with Gasteiger partial charge >= 0.3 is 6.09 Å². The molecule has 9 nitrogen and oxygen atoms in total. The number of imidazole rings is 1. The molecule has 1 aliphatic heterocycles. The summed E-state index contributed by atoms with van der Waals surface area (Å²) in [6.07, 6.45) is 7.57. The minimum atomic E-state index is -0.576. The van der Waals surface area contributed by atoms with Crippen LogP contribution < -0.4 is 5.56 Å². The molecule has 5 rings (SSSR count). The van der Waals surface area contributed by atoms with Crippen molar-refractivity contribution in [3.05, 3.63) is 58.8 Å². The Labute approximate surface area is 213 Å². The van der Waals surface area contributed by atoms with Gasteiger partial charge in [0.15, 0.2) is 17.3 Å². The second-order valence-corrected chi connectivity index (χ2v) is 11.3. The Balaban J connectivity index is 1.43. The zero-order chi connectivity index (χ0) is 26.7. The summed E-state index contributed by atoms with van der Waals surface area (Å²) < 4.78 is 23.5. The molecule has 0 saturated carbocycles. The van der Waals surface area contributed by atoms with Crippen molar-refractivity contribution in [2.24, 2.45) is 0 Å². The highest BCUT2D eigenvalue weighted by Crippen LogP contribution is 2.35. The molecule has 0 aromatic carbocycles. The number of likely N-dealkylation sites (tertiary alicyclic amines) is 1. The van der Waals surface area contributed by atoms with Crippen molar-refractivity contribution >= 4 is 22.6 Å². The van der Waals surface area contributed by atoms with Crippen molar-refractivity contribution < 1.29 is 13.9 Å². The lowest BCUT2D eigenvalue weighted by atomic mass is 9.87. The number of carbonyl (C=O) groups is 1. The van der Waals surface area contributed by atoms with Crippen LogP contribution in [0.5, 0.6) is 0 Å². The van der Waals surface area contributed by atoms with Gasteiger partial charge in [-0.25, -0.2) is 24.1 Å². The van der Waals surface area contributed by atoms with Gasteiger partial charge < -0.3 is 18.6 Å². The van der Waals surface area contributed by atoms with E-state index in [-0.39, 0.29) is 23.3 Å². The van der Waals surface area contributed by atoms with Gasteiger partial charge in [-0.15, -0.1) is 0 Å². The van der Waals surface area contributed by atoms with Gasteiger partial charge in [0.2, 0.25) is 0 Å². The van der Waals surface area contributed by atoms with E-state index >= 15 is 0 Å². The van der Waals surface area contributed by atoms with E-state index < -0.39 is 17.0 Å². The molecule has 0 spiro atoms. The monoisotopic (exact) mass is 506 g/mol. The Morgan fingerprint density at radius 1 is 1.22 bits per heavy atom. The molecule has 0 aliphatic carbocycles. The van der Waals surface area contributed by atoms with Crippen LogP contribution in [0.2, 0.25) is 0 Å². The van der Waals surface area contributed by atoms with E-state index in [0.717, 1.165) is 0 Å². The largest absolute Gasteiger partial charge is 0.444 e. The standard InChI is InChI=1S/C27H31FN6O3/c1-16-14-32-15-17(11-20(28)23(32)30-16)22-29-13-19-21(31-22)8-9-33(24(19)35)18-7-10-34(27(5,6)12-18)25(36)37-26(2,3)4/h8-9,11,13-15,18H,7,10,12H2,1-6H3/t18-/m0/s1. The van der Waals surface area contributed by atoms with Crippen molar-refractivity contribution in [2.45, 2.75) is 71.6 Å². The predicted octanol–water partition coefficient (Wildman–Crippen LogP) is 4.90. The number of fused-ring (bicyclic) bond motifs is 2. The van der Waals surface area contributed by atoms with Crippen LogP contribution in [0.3, 0.4) is 0 Å². The molecular weight excluding hydrogens is 475 g/mol. The molecule has 1 amide bonds. The SMILES string of the molecule is Cc1cn2cc(-c3ncc4c(=O)n([C@H]5CCN(C(=O)OC(C)(C)C)C(C)(C)C5)ccc4n3)cc(F)c2n1. The first kappa shape index (κ1) is 24.9. The zero-order valence-electron chi connectivity index (χ0n) is 21.9. The van der Waals surface area contributed by atoms with E-state index in [1.165, 1.54) is 12.3 Å². The summed E-state index contributed by atoms with van der Waals surface area (Å²) in [5.74, 6) is -0.145. The number of amides is 1. The van der Waals surface area contributed by atoms with Gasteiger partial charge in [-0.1, -0.05) is 0 Å². The molecule has 0 bridgehead atoms. The Hall–Kier alpha value is -3.82. The maximum absolute atomic E-state index is 14.6. The molecule has 10 heteroatoms. The number of nitrogens with zero attached hydrogens (tertiary/aromatic N) is 6. The lowest BCUT2D eigenvalue weighted by molar-refractivity contribution is -0.0136. The average Bonchev–Trinajstić information content (AvgIpc) is 3.18. The van der Waals surface area contributed by atoms with Crippen molar-refractivity contribution in [3.63, 3.8) is 0 Å². The minimum absolute atomic E-state index is 0.0914. The van der Waals surface area contributed by atoms with E-state index in [9.17, 15) is 14.0 Å². The highest BCUT2D eigenvalue weighted by Gasteiger charge is 2.40. The van der Waals surface area contributed by atoms with Crippen LogP contribution in [0.25, 0.3) is 27.9 Å².